The summed E-state index contributed by atoms with van der Waals surface area (Å²) >= 11 is 5.92. The molecular weight excluding hydrogens is 338 g/mol. The lowest BCUT2D eigenvalue weighted by Gasteiger charge is -2.12. The molecule has 0 saturated carbocycles. The lowest BCUT2D eigenvalue weighted by Crippen LogP contribution is -2.16. The predicted octanol–water partition coefficient (Wildman–Crippen LogP) is 4.24. The third-order valence-corrected chi connectivity index (χ3v) is 3.67. The van der Waals surface area contributed by atoms with Crippen molar-refractivity contribution in [2.24, 2.45) is 0 Å². The first-order chi connectivity index (χ1) is 12.1. The molecule has 0 radical (unpaired) electrons. The van der Waals surface area contributed by atoms with Crippen LogP contribution in [0.4, 0.5) is 11.4 Å². The molecule has 0 spiro atoms. The molecule has 3 aromatic rings. The fourth-order valence-electron chi connectivity index (χ4n) is 2.22. The first-order valence-electron chi connectivity index (χ1n) is 7.51. The normalized spacial score (nSPS) is 10.1. The van der Waals surface area contributed by atoms with Gasteiger partial charge in [-0.25, -0.2) is 0 Å². The molecule has 0 unspecified atom stereocenters. The zero-order chi connectivity index (χ0) is 17.6. The molecule has 0 aliphatic rings. The Balaban J connectivity index is 1.79. The Morgan fingerprint density at radius 2 is 1.44 bits per heavy atom. The van der Waals surface area contributed by atoms with Crippen molar-refractivity contribution in [3.05, 3.63) is 89.2 Å². The molecule has 2 N–H and O–H groups in total. The Morgan fingerprint density at radius 1 is 0.800 bits per heavy atom. The van der Waals surface area contributed by atoms with Gasteiger partial charge < -0.3 is 10.6 Å². The summed E-state index contributed by atoms with van der Waals surface area (Å²) in [6.07, 6.45) is 3.07. The lowest BCUT2D eigenvalue weighted by atomic mass is 10.2. The number of anilines is 2. The van der Waals surface area contributed by atoms with E-state index in [2.05, 4.69) is 15.6 Å². The van der Waals surface area contributed by atoms with E-state index in [4.69, 9.17) is 11.6 Å². The largest absolute Gasteiger partial charge is 0.320 e. The molecule has 0 bridgehead atoms. The van der Waals surface area contributed by atoms with Crippen LogP contribution in [0.25, 0.3) is 0 Å². The summed E-state index contributed by atoms with van der Waals surface area (Å²) in [7, 11) is 0. The van der Waals surface area contributed by atoms with Crippen molar-refractivity contribution in [1.29, 1.82) is 0 Å². The Labute approximate surface area is 149 Å². The second-order valence-electron chi connectivity index (χ2n) is 5.21. The first-order valence-corrected chi connectivity index (χ1v) is 7.88. The molecule has 2 aromatic carbocycles. The fraction of sp³-hybridized carbons (Fsp3) is 0. The maximum Gasteiger partial charge on any atom is 0.257 e. The van der Waals surface area contributed by atoms with E-state index in [9.17, 15) is 9.59 Å². The highest BCUT2D eigenvalue weighted by Gasteiger charge is 2.12. The van der Waals surface area contributed by atoms with Crippen molar-refractivity contribution < 1.29 is 9.59 Å². The average molecular weight is 352 g/mol. The highest BCUT2D eigenvalue weighted by atomic mass is 35.5. The number of benzene rings is 2. The molecule has 0 fully saturated rings. The van der Waals surface area contributed by atoms with E-state index < -0.39 is 0 Å². The summed E-state index contributed by atoms with van der Waals surface area (Å²) in [5.41, 5.74) is 1.84. The lowest BCUT2D eigenvalue weighted by molar-refractivity contribution is 0.101. The number of carbonyl (C=O) groups excluding carboxylic acids is 2. The van der Waals surface area contributed by atoms with Crippen LogP contribution in [0.15, 0.2) is 73.1 Å². The Bertz CT molecular complexity index is 913. The van der Waals surface area contributed by atoms with Crippen LogP contribution in [0.3, 0.4) is 0 Å². The Hall–Kier alpha value is -3.18. The van der Waals surface area contributed by atoms with Gasteiger partial charge in [0.2, 0.25) is 0 Å². The summed E-state index contributed by atoms with van der Waals surface area (Å²) < 4.78 is 0. The zero-order valence-electron chi connectivity index (χ0n) is 13.1. The minimum atomic E-state index is -0.314. The smallest absolute Gasteiger partial charge is 0.257 e. The van der Waals surface area contributed by atoms with Gasteiger partial charge in [0, 0.05) is 23.0 Å². The molecule has 3 rings (SSSR count). The minimum absolute atomic E-state index is 0.308. The van der Waals surface area contributed by atoms with Crippen LogP contribution in [0.2, 0.25) is 5.02 Å². The molecule has 6 heteroatoms. The van der Waals surface area contributed by atoms with E-state index in [-0.39, 0.29) is 11.8 Å². The molecular formula is C19H14ClN3O2. The van der Waals surface area contributed by atoms with Gasteiger partial charge in [0.25, 0.3) is 11.8 Å². The molecule has 124 valence electrons. The van der Waals surface area contributed by atoms with Gasteiger partial charge in [0.1, 0.15) is 0 Å². The van der Waals surface area contributed by atoms with Gasteiger partial charge in [0.15, 0.2) is 0 Å². The van der Waals surface area contributed by atoms with Gasteiger partial charge in [-0.2, -0.15) is 0 Å². The number of halogens is 1. The molecule has 1 heterocycles. The molecule has 0 saturated heterocycles. The second kappa shape index (κ2) is 7.59. The number of para-hydroxylation sites is 2. The van der Waals surface area contributed by atoms with E-state index in [1.807, 2.05) is 0 Å². The molecule has 2 amide bonds. The summed E-state index contributed by atoms with van der Waals surface area (Å²) in [4.78, 5) is 28.6. The molecule has 25 heavy (non-hydrogen) atoms. The van der Waals surface area contributed by atoms with Crippen molar-refractivity contribution >= 4 is 34.8 Å². The van der Waals surface area contributed by atoms with Gasteiger partial charge in [-0.1, -0.05) is 29.8 Å². The van der Waals surface area contributed by atoms with E-state index >= 15 is 0 Å². The highest BCUT2D eigenvalue weighted by molar-refractivity contribution is 6.31. The van der Waals surface area contributed by atoms with E-state index in [1.165, 1.54) is 6.20 Å². The molecule has 0 atom stereocenters. The van der Waals surface area contributed by atoms with Gasteiger partial charge in [-0.05, 0) is 42.5 Å². The van der Waals surface area contributed by atoms with Crippen LogP contribution in [0.1, 0.15) is 20.7 Å². The van der Waals surface area contributed by atoms with Crippen LogP contribution < -0.4 is 10.6 Å². The zero-order valence-corrected chi connectivity index (χ0v) is 13.8. The summed E-state index contributed by atoms with van der Waals surface area (Å²) in [5.74, 6) is -0.622. The van der Waals surface area contributed by atoms with Crippen molar-refractivity contribution in [1.82, 2.24) is 4.98 Å². The van der Waals surface area contributed by atoms with Gasteiger partial charge in [-0.3, -0.25) is 14.6 Å². The first kappa shape index (κ1) is 16.7. The SMILES string of the molecule is O=C(Nc1ccccc1NC(=O)c1cccc(Cl)c1)c1cccnc1. The number of nitrogens with one attached hydrogen (secondary N) is 2. The van der Waals surface area contributed by atoms with E-state index in [1.54, 1.807) is 66.9 Å². The van der Waals surface area contributed by atoms with Crippen molar-refractivity contribution in [2.45, 2.75) is 0 Å². The quantitative estimate of drug-likeness (QED) is 0.738. The number of hydrogen-bond donors (Lipinski definition) is 2. The third kappa shape index (κ3) is 4.22. The predicted molar refractivity (Wildman–Crippen MR) is 98.0 cm³/mol. The van der Waals surface area contributed by atoms with Gasteiger partial charge >= 0.3 is 0 Å². The number of amides is 2. The van der Waals surface area contributed by atoms with Crippen molar-refractivity contribution in [3.8, 4) is 0 Å². The number of rotatable bonds is 4. The number of carbonyl (C=O) groups is 2. The summed E-state index contributed by atoms with van der Waals surface area (Å²) in [5, 5.41) is 6.04. The van der Waals surface area contributed by atoms with Crippen LogP contribution in [0.5, 0.6) is 0 Å². The van der Waals surface area contributed by atoms with Crippen LogP contribution in [-0.2, 0) is 0 Å². The monoisotopic (exact) mass is 351 g/mol. The van der Waals surface area contributed by atoms with Crippen LogP contribution in [-0.4, -0.2) is 16.8 Å². The molecule has 5 nitrogen and oxygen atoms in total. The summed E-state index contributed by atoms with van der Waals surface area (Å²) in [6.45, 7) is 0. The number of nitrogens with zero attached hydrogens (tertiary/aromatic N) is 1. The van der Waals surface area contributed by atoms with Crippen molar-refractivity contribution in [3.63, 3.8) is 0 Å². The topological polar surface area (TPSA) is 71.1 Å². The summed E-state index contributed by atoms with van der Waals surface area (Å²) in [6, 6.07) is 16.9. The maximum absolute atomic E-state index is 12.4. The molecule has 0 aliphatic heterocycles. The van der Waals surface area contributed by atoms with Gasteiger partial charge in [-0.15, -0.1) is 0 Å². The van der Waals surface area contributed by atoms with Gasteiger partial charge in [0.05, 0.1) is 16.9 Å². The number of pyridine rings is 1. The molecule has 0 aliphatic carbocycles. The highest BCUT2D eigenvalue weighted by Crippen LogP contribution is 2.23. The maximum atomic E-state index is 12.4. The van der Waals surface area contributed by atoms with Crippen molar-refractivity contribution in [2.75, 3.05) is 10.6 Å². The average Bonchev–Trinajstić information content (AvgIpc) is 2.64. The third-order valence-electron chi connectivity index (χ3n) is 3.43. The standard InChI is InChI=1S/C19H14ClN3O2/c20-15-7-3-5-13(11-15)18(24)22-16-8-1-2-9-17(16)23-19(25)14-6-4-10-21-12-14/h1-12H,(H,22,24)(H,23,25). The van der Waals surface area contributed by atoms with Crippen LogP contribution >= 0.6 is 11.6 Å². The van der Waals surface area contributed by atoms with Crippen LogP contribution in [0, 0.1) is 0 Å². The second-order valence-corrected chi connectivity index (χ2v) is 5.64. The number of aromatic nitrogens is 1. The minimum Gasteiger partial charge on any atom is -0.320 e. The molecule has 1 aromatic heterocycles. The van der Waals surface area contributed by atoms with E-state index in [0.29, 0.717) is 27.5 Å². The fourth-order valence-corrected chi connectivity index (χ4v) is 2.41. The Kier molecular flexibility index (Phi) is 5.06. The Morgan fingerprint density at radius 3 is 2.04 bits per heavy atom. The number of hydrogen-bond acceptors (Lipinski definition) is 3. The van der Waals surface area contributed by atoms with E-state index in [0.717, 1.165) is 0 Å².